The summed E-state index contributed by atoms with van der Waals surface area (Å²) >= 11 is 2.78. The maximum absolute atomic E-state index is 13.1. The molecule has 0 bridgehead atoms. The molecule has 1 aromatic carbocycles. The zero-order valence-electron chi connectivity index (χ0n) is 18.2. The van der Waals surface area contributed by atoms with E-state index in [0.717, 1.165) is 45.7 Å². The predicted molar refractivity (Wildman–Crippen MR) is 127 cm³/mol. The van der Waals surface area contributed by atoms with Crippen LogP contribution in [0.2, 0.25) is 0 Å². The molecular formula is C23H22N4O3S2. The fourth-order valence-corrected chi connectivity index (χ4v) is 5.56. The largest absolute Gasteiger partial charge is 0.497 e. The molecule has 32 heavy (non-hydrogen) atoms. The van der Waals surface area contributed by atoms with Crippen LogP contribution in [-0.4, -0.2) is 35.1 Å². The number of carbonyl (C=O) groups excluding carboxylic acids is 1. The summed E-state index contributed by atoms with van der Waals surface area (Å²) in [5.41, 5.74) is 3.37. The van der Waals surface area contributed by atoms with Crippen molar-refractivity contribution in [1.29, 1.82) is 0 Å². The Morgan fingerprint density at radius 2 is 1.94 bits per heavy atom. The second-order valence-corrected chi connectivity index (χ2v) is 9.59. The van der Waals surface area contributed by atoms with E-state index in [0.29, 0.717) is 33.1 Å². The number of hydrogen-bond acceptors (Lipinski definition) is 8. The number of aromatic nitrogens is 3. The first-order chi connectivity index (χ1) is 15.5. The summed E-state index contributed by atoms with van der Waals surface area (Å²) in [5, 5.41) is 6.33. The SMILES string of the molecule is COc1ccc(OC)c(-c2csc(NC(=O)c3sc4nc(C5CC5)nc(C)c4c3C)n2)c1. The summed E-state index contributed by atoms with van der Waals surface area (Å²) < 4.78 is 10.8. The monoisotopic (exact) mass is 466 g/mol. The number of benzene rings is 1. The van der Waals surface area contributed by atoms with Gasteiger partial charge >= 0.3 is 0 Å². The van der Waals surface area contributed by atoms with Crippen LogP contribution in [0.1, 0.15) is 45.5 Å². The smallest absolute Gasteiger partial charge is 0.267 e. The van der Waals surface area contributed by atoms with Crippen molar-refractivity contribution in [3.8, 4) is 22.8 Å². The summed E-state index contributed by atoms with van der Waals surface area (Å²) in [6.07, 6.45) is 2.29. The number of fused-ring (bicyclic) bond motifs is 1. The number of nitrogens with zero attached hydrogens (tertiary/aromatic N) is 3. The summed E-state index contributed by atoms with van der Waals surface area (Å²) in [5.74, 6) is 2.59. The quantitative estimate of drug-likeness (QED) is 0.399. The number of amides is 1. The lowest BCUT2D eigenvalue weighted by Gasteiger charge is -2.08. The van der Waals surface area contributed by atoms with E-state index < -0.39 is 0 Å². The molecule has 164 valence electrons. The van der Waals surface area contributed by atoms with Crippen LogP contribution in [0.15, 0.2) is 23.6 Å². The average Bonchev–Trinajstić information content (AvgIpc) is 3.45. The molecule has 1 aliphatic rings. The van der Waals surface area contributed by atoms with Crippen molar-refractivity contribution in [3.05, 3.63) is 45.5 Å². The average molecular weight is 467 g/mol. The van der Waals surface area contributed by atoms with Crippen LogP contribution in [0.3, 0.4) is 0 Å². The van der Waals surface area contributed by atoms with Gasteiger partial charge in [0, 0.05) is 22.2 Å². The van der Waals surface area contributed by atoms with Gasteiger partial charge < -0.3 is 9.47 Å². The first-order valence-electron chi connectivity index (χ1n) is 10.3. The number of anilines is 1. The molecule has 4 aromatic rings. The Bertz CT molecular complexity index is 1340. The van der Waals surface area contributed by atoms with Crippen molar-refractivity contribution in [2.75, 3.05) is 19.5 Å². The number of nitrogens with one attached hydrogen (secondary N) is 1. The van der Waals surface area contributed by atoms with Crippen LogP contribution in [0.25, 0.3) is 21.5 Å². The van der Waals surface area contributed by atoms with E-state index in [1.54, 1.807) is 14.2 Å². The molecule has 0 atom stereocenters. The summed E-state index contributed by atoms with van der Waals surface area (Å²) in [6.45, 7) is 3.95. The molecule has 1 N–H and O–H groups in total. The highest BCUT2D eigenvalue weighted by Crippen LogP contribution is 2.41. The van der Waals surface area contributed by atoms with Gasteiger partial charge in [0.15, 0.2) is 5.13 Å². The van der Waals surface area contributed by atoms with E-state index in [4.69, 9.17) is 14.5 Å². The van der Waals surface area contributed by atoms with E-state index in [1.165, 1.54) is 22.7 Å². The fourth-order valence-electron chi connectivity index (χ4n) is 3.72. The third-order valence-corrected chi connectivity index (χ3v) is 7.49. The van der Waals surface area contributed by atoms with Crippen LogP contribution in [-0.2, 0) is 0 Å². The summed E-state index contributed by atoms with van der Waals surface area (Å²) in [7, 11) is 3.23. The second kappa shape index (κ2) is 8.14. The molecule has 1 aliphatic carbocycles. The molecule has 0 spiro atoms. The van der Waals surface area contributed by atoms with Crippen LogP contribution in [0.4, 0.5) is 5.13 Å². The molecular weight excluding hydrogens is 444 g/mol. The van der Waals surface area contributed by atoms with Gasteiger partial charge in [-0.05, 0) is 50.5 Å². The number of thiophene rings is 1. The minimum absolute atomic E-state index is 0.184. The van der Waals surface area contributed by atoms with E-state index in [9.17, 15) is 4.79 Å². The Balaban J connectivity index is 1.43. The second-order valence-electron chi connectivity index (χ2n) is 7.74. The normalized spacial score (nSPS) is 13.4. The van der Waals surface area contributed by atoms with E-state index >= 15 is 0 Å². The number of hydrogen-bond donors (Lipinski definition) is 1. The van der Waals surface area contributed by atoms with Crippen molar-refractivity contribution in [2.45, 2.75) is 32.6 Å². The molecule has 1 saturated carbocycles. The first kappa shape index (κ1) is 20.8. The van der Waals surface area contributed by atoms with E-state index in [2.05, 4.69) is 15.3 Å². The molecule has 5 rings (SSSR count). The highest BCUT2D eigenvalue weighted by atomic mass is 32.1. The van der Waals surface area contributed by atoms with Gasteiger partial charge in [0.05, 0.1) is 30.5 Å². The maximum Gasteiger partial charge on any atom is 0.267 e. The number of carbonyl (C=O) groups is 1. The fraction of sp³-hybridized carbons (Fsp3) is 0.304. The van der Waals surface area contributed by atoms with Crippen molar-refractivity contribution in [1.82, 2.24) is 15.0 Å². The van der Waals surface area contributed by atoms with Gasteiger partial charge in [-0.15, -0.1) is 22.7 Å². The van der Waals surface area contributed by atoms with Crippen molar-refractivity contribution in [3.63, 3.8) is 0 Å². The molecule has 0 unspecified atom stereocenters. The summed E-state index contributed by atoms with van der Waals surface area (Å²) in [6, 6.07) is 5.54. The van der Waals surface area contributed by atoms with Gasteiger partial charge in [0.1, 0.15) is 22.2 Å². The molecule has 0 aliphatic heterocycles. The predicted octanol–water partition coefficient (Wildman–Crippen LogP) is 5.58. The van der Waals surface area contributed by atoms with E-state index in [1.807, 2.05) is 37.4 Å². The number of methoxy groups -OCH3 is 2. The highest BCUT2D eigenvalue weighted by Gasteiger charge is 2.28. The number of aryl methyl sites for hydroxylation is 2. The Morgan fingerprint density at radius 1 is 1.12 bits per heavy atom. The minimum Gasteiger partial charge on any atom is -0.497 e. The van der Waals surface area contributed by atoms with Crippen molar-refractivity contribution < 1.29 is 14.3 Å². The van der Waals surface area contributed by atoms with Crippen LogP contribution in [0, 0.1) is 13.8 Å². The van der Waals surface area contributed by atoms with Crippen LogP contribution >= 0.6 is 22.7 Å². The Hall–Kier alpha value is -3.04. The number of rotatable bonds is 6. The molecule has 1 amide bonds. The minimum atomic E-state index is -0.184. The third kappa shape index (κ3) is 3.71. The van der Waals surface area contributed by atoms with Gasteiger partial charge in [-0.25, -0.2) is 15.0 Å². The van der Waals surface area contributed by atoms with Gasteiger partial charge in [0.2, 0.25) is 0 Å². The van der Waals surface area contributed by atoms with Gasteiger partial charge in [-0.1, -0.05) is 0 Å². The lowest BCUT2D eigenvalue weighted by Crippen LogP contribution is -2.11. The topological polar surface area (TPSA) is 86.2 Å². The zero-order valence-corrected chi connectivity index (χ0v) is 19.8. The molecule has 9 heteroatoms. The molecule has 0 saturated heterocycles. The zero-order chi connectivity index (χ0) is 22.4. The van der Waals surface area contributed by atoms with Gasteiger partial charge in [-0.2, -0.15) is 0 Å². The van der Waals surface area contributed by atoms with Crippen molar-refractivity contribution in [2.24, 2.45) is 0 Å². The number of thiazole rings is 1. The third-order valence-electron chi connectivity index (χ3n) is 5.54. The summed E-state index contributed by atoms with van der Waals surface area (Å²) in [4.78, 5) is 28.6. The molecule has 3 heterocycles. The molecule has 1 fully saturated rings. The van der Waals surface area contributed by atoms with Crippen LogP contribution < -0.4 is 14.8 Å². The maximum atomic E-state index is 13.1. The molecule has 7 nitrogen and oxygen atoms in total. The standard InChI is InChI=1S/C23H22N4O3S2/c1-11-18-12(2)24-20(13-5-6-13)26-22(18)32-19(11)21(28)27-23-25-16(10-31-23)15-9-14(29-3)7-8-17(15)30-4/h7-10,13H,5-6H2,1-4H3,(H,25,27,28). The van der Waals surface area contributed by atoms with Gasteiger partial charge in [-0.3, -0.25) is 10.1 Å². The van der Waals surface area contributed by atoms with E-state index in [-0.39, 0.29) is 5.91 Å². The molecule has 3 aromatic heterocycles. The number of ether oxygens (including phenoxy) is 2. The Labute approximate surface area is 193 Å². The Kier molecular flexibility index (Phi) is 5.30. The molecule has 0 radical (unpaired) electrons. The highest BCUT2D eigenvalue weighted by molar-refractivity contribution is 7.21. The van der Waals surface area contributed by atoms with Gasteiger partial charge in [0.25, 0.3) is 5.91 Å². The lowest BCUT2D eigenvalue weighted by molar-refractivity contribution is 0.103. The Morgan fingerprint density at radius 3 is 2.66 bits per heavy atom. The van der Waals surface area contributed by atoms with Crippen LogP contribution in [0.5, 0.6) is 11.5 Å². The van der Waals surface area contributed by atoms with Crippen molar-refractivity contribution >= 4 is 43.9 Å². The lowest BCUT2D eigenvalue weighted by atomic mass is 10.1. The first-order valence-corrected chi connectivity index (χ1v) is 11.9.